The van der Waals surface area contributed by atoms with E-state index in [1.54, 1.807) is 14.2 Å². The molecule has 5 heteroatoms. The van der Waals surface area contributed by atoms with Crippen LogP contribution in [-0.4, -0.2) is 29.1 Å². The van der Waals surface area contributed by atoms with Crippen LogP contribution >= 0.6 is 0 Å². The van der Waals surface area contributed by atoms with E-state index in [0.29, 0.717) is 12.0 Å². The lowest BCUT2D eigenvalue weighted by atomic mass is 10.3. The van der Waals surface area contributed by atoms with Crippen LogP contribution in [-0.2, 0) is 6.42 Å². The van der Waals surface area contributed by atoms with Crippen molar-refractivity contribution in [2.24, 2.45) is 0 Å². The van der Waals surface area contributed by atoms with E-state index in [9.17, 15) is 0 Å². The van der Waals surface area contributed by atoms with Gasteiger partial charge in [-0.2, -0.15) is 15.0 Å². The first-order valence-electron chi connectivity index (χ1n) is 4.26. The standard InChI is InChI=1S/C8H14N4O/c1-4-5-6-10-7(9-2)12-8(11-6)13-3/h4-5H2,1-3H3,(H,9,10,11,12). The minimum absolute atomic E-state index is 0.364. The lowest BCUT2D eigenvalue weighted by molar-refractivity contribution is 0.376. The topological polar surface area (TPSA) is 59.9 Å². The molecule has 0 amide bonds. The van der Waals surface area contributed by atoms with Gasteiger partial charge in [-0.15, -0.1) is 0 Å². The van der Waals surface area contributed by atoms with Gasteiger partial charge in [-0.3, -0.25) is 0 Å². The zero-order valence-electron chi connectivity index (χ0n) is 8.16. The van der Waals surface area contributed by atoms with Crippen molar-refractivity contribution in [3.63, 3.8) is 0 Å². The van der Waals surface area contributed by atoms with E-state index in [1.165, 1.54) is 0 Å². The highest BCUT2D eigenvalue weighted by atomic mass is 16.5. The van der Waals surface area contributed by atoms with Crippen molar-refractivity contribution in [2.75, 3.05) is 19.5 Å². The van der Waals surface area contributed by atoms with Gasteiger partial charge in [-0.05, 0) is 6.42 Å². The van der Waals surface area contributed by atoms with E-state index in [2.05, 4.69) is 27.2 Å². The number of aryl methyl sites for hydroxylation is 1. The molecule has 0 saturated heterocycles. The third kappa shape index (κ3) is 2.54. The van der Waals surface area contributed by atoms with Crippen LogP contribution in [0.25, 0.3) is 0 Å². The van der Waals surface area contributed by atoms with Crippen molar-refractivity contribution in [1.29, 1.82) is 0 Å². The van der Waals surface area contributed by atoms with Crippen LogP contribution in [0.5, 0.6) is 6.01 Å². The molecule has 0 aliphatic carbocycles. The Labute approximate surface area is 77.6 Å². The Morgan fingerprint density at radius 2 is 2.08 bits per heavy atom. The second-order valence-electron chi connectivity index (χ2n) is 2.56. The number of hydrogen-bond donors (Lipinski definition) is 1. The van der Waals surface area contributed by atoms with Gasteiger partial charge in [0.15, 0.2) is 0 Å². The van der Waals surface area contributed by atoms with Gasteiger partial charge in [0.05, 0.1) is 7.11 Å². The highest BCUT2D eigenvalue weighted by Crippen LogP contribution is 2.07. The second kappa shape index (κ2) is 4.59. The Kier molecular flexibility index (Phi) is 3.42. The summed E-state index contributed by atoms with van der Waals surface area (Å²) in [7, 11) is 3.31. The van der Waals surface area contributed by atoms with Gasteiger partial charge in [0.25, 0.3) is 0 Å². The molecule has 1 aromatic rings. The SMILES string of the molecule is CCCc1nc(NC)nc(OC)n1. The molecular weight excluding hydrogens is 168 g/mol. The lowest BCUT2D eigenvalue weighted by Crippen LogP contribution is -2.05. The highest BCUT2D eigenvalue weighted by molar-refractivity contribution is 5.24. The molecule has 0 aliphatic heterocycles. The van der Waals surface area contributed by atoms with Crippen LogP contribution in [0.4, 0.5) is 5.95 Å². The summed E-state index contributed by atoms with van der Waals surface area (Å²) in [4.78, 5) is 12.3. The average molecular weight is 182 g/mol. The summed E-state index contributed by atoms with van der Waals surface area (Å²) >= 11 is 0. The fraction of sp³-hybridized carbons (Fsp3) is 0.625. The van der Waals surface area contributed by atoms with Crippen LogP contribution in [0, 0.1) is 0 Å². The molecule has 1 aromatic heterocycles. The average Bonchev–Trinajstić information content (AvgIpc) is 2.17. The molecule has 5 nitrogen and oxygen atoms in total. The number of nitrogens with zero attached hydrogens (tertiary/aromatic N) is 3. The summed E-state index contributed by atoms with van der Waals surface area (Å²) in [5.74, 6) is 1.31. The molecule has 1 heterocycles. The van der Waals surface area contributed by atoms with Crippen molar-refractivity contribution >= 4 is 5.95 Å². The smallest absolute Gasteiger partial charge is 0.321 e. The molecule has 0 aliphatic rings. The summed E-state index contributed by atoms with van der Waals surface area (Å²) in [5, 5.41) is 2.86. The van der Waals surface area contributed by atoms with Crippen molar-refractivity contribution in [1.82, 2.24) is 15.0 Å². The molecule has 1 rings (SSSR count). The van der Waals surface area contributed by atoms with Crippen LogP contribution in [0.15, 0.2) is 0 Å². The van der Waals surface area contributed by atoms with E-state index < -0.39 is 0 Å². The molecule has 0 aromatic carbocycles. The maximum Gasteiger partial charge on any atom is 0.321 e. The Bertz CT molecular complexity index is 255. The monoisotopic (exact) mass is 182 g/mol. The van der Waals surface area contributed by atoms with Crippen LogP contribution in [0.3, 0.4) is 0 Å². The summed E-state index contributed by atoms with van der Waals surface area (Å²) < 4.78 is 4.94. The zero-order chi connectivity index (χ0) is 9.68. The van der Waals surface area contributed by atoms with Crippen molar-refractivity contribution < 1.29 is 4.74 Å². The van der Waals surface area contributed by atoms with Crippen LogP contribution < -0.4 is 10.1 Å². The number of ether oxygens (including phenoxy) is 1. The van der Waals surface area contributed by atoms with Gasteiger partial charge < -0.3 is 10.1 Å². The summed E-state index contributed by atoms with van der Waals surface area (Å²) in [6, 6.07) is 0.364. The third-order valence-electron chi connectivity index (χ3n) is 1.54. The quantitative estimate of drug-likeness (QED) is 0.748. The van der Waals surface area contributed by atoms with Crippen molar-refractivity contribution in [3.8, 4) is 6.01 Å². The molecule has 0 fully saturated rings. The normalized spacial score (nSPS) is 9.77. The van der Waals surface area contributed by atoms with Crippen molar-refractivity contribution in [2.45, 2.75) is 19.8 Å². The fourth-order valence-electron chi connectivity index (χ4n) is 0.937. The Morgan fingerprint density at radius 3 is 2.62 bits per heavy atom. The largest absolute Gasteiger partial charge is 0.467 e. The second-order valence-corrected chi connectivity index (χ2v) is 2.56. The number of rotatable bonds is 4. The minimum atomic E-state index is 0.364. The van der Waals surface area contributed by atoms with E-state index in [-0.39, 0.29) is 0 Å². The molecular formula is C8H14N4O. The zero-order valence-corrected chi connectivity index (χ0v) is 8.16. The molecule has 0 atom stereocenters. The third-order valence-corrected chi connectivity index (χ3v) is 1.54. The summed E-state index contributed by atoms with van der Waals surface area (Å²) in [6.45, 7) is 2.08. The van der Waals surface area contributed by atoms with Gasteiger partial charge in [0.2, 0.25) is 5.95 Å². The summed E-state index contributed by atoms with van der Waals surface area (Å²) in [5.41, 5.74) is 0. The molecule has 72 valence electrons. The Balaban J connectivity index is 2.93. The summed E-state index contributed by atoms with van der Waals surface area (Å²) in [6.07, 6.45) is 1.85. The molecule has 0 unspecified atom stereocenters. The molecule has 1 N–H and O–H groups in total. The van der Waals surface area contributed by atoms with Gasteiger partial charge in [-0.25, -0.2) is 0 Å². The Morgan fingerprint density at radius 1 is 1.31 bits per heavy atom. The predicted octanol–water partition coefficient (Wildman–Crippen LogP) is 0.874. The molecule has 0 radical (unpaired) electrons. The molecule has 0 spiro atoms. The van der Waals surface area contributed by atoms with Gasteiger partial charge in [0, 0.05) is 13.5 Å². The molecule has 13 heavy (non-hydrogen) atoms. The number of hydrogen-bond acceptors (Lipinski definition) is 5. The number of aromatic nitrogens is 3. The minimum Gasteiger partial charge on any atom is -0.467 e. The Hall–Kier alpha value is -1.39. The molecule has 0 saturated carbocycles. The van der Waals surface area contributed by atoms with Crippen LogP contribution in [0.1, 0.15) is 19.2 Å². The first-order valence-corrected chi connectivity index (χ1v) is 4.26. The van der Waals surface area contributed by atoms with E-state index >= 15 is 0 Å². The van der Waals surface area contributed by atoms with Crippen molar-refractivity contribution in [3.05, 3.63) is 5.82 Å². The van der Waals surface area contributed by atoms with Gasteiger partial charge in [-0.1, -0.05) is 6.92 Å². The first-order chi connectivity index (χ1) is 6.30. The molecule has 0 bridgehead atoms. The number of nitrogens with one attached hydrogen (secondary N) is 1. The number of anilines is 1. The van der Waals surface area contributed by atoms with E-state index in [0.717, 1.165) is 18.7 Å². The van der Waals surface area contributed by atoms with E-state index in [4.69, 9.17) is 4.74 Å². The maximum absolute atomic E-state index is 4.94. The fourth-order valence-corrected chi connectivity index (χ4v) is 0.937. The van der Waals surface area contributed by atoms with Gasteiger partial charge in [0.1, 0.15) is 5.82 Å². The van der Waals surface area contributed by atoms with Gasteiger partial charge >= 0.3 is 6.01 Å². The van der Waals surface area contributed by atoms with E-state index in [1.807, 2.05) is 0 Å². The highest BCUT2D eigenvalue weighted by Gasteiger charge is 2.03. The lowest BCUT2D eigenvalue weighted by Gasteiger charge is -2.03. The predicted molar refractivity (Wildman–Crippen MR) is 49.9 cm³/mol. The van der Waals surface area contributed by atoms with Crippen LogP contribution in [0.2, 0.25) is 0 Å². The first kappa shape index (κ1) is 9.70. The number of methoxy groups -OCH3 is 1. The maximum atomic E-state index is 4.94.